The van der Waals surface area contributed by atoms with Gasteiger partial charge in [-0.15, -0.1) is 0 Å². The number of hydrogen-bond acceptors (Lipinski definition) is 1. The third-order valence-corrected chi connectivity index (χ3v) is 3.48. The first-order valence-corrected chi connectivity index (χ1v) is 6.29. The molecular formula is C17H17FO. The first-order valence-electron chi connectivity index (χ1n) is 6.29. The van der Waals surface area contributed by atoms with Crippen LogP contribution in [0.2, 0.25) is 0 Å². The predicted molar refractivity (Wildman–Crippen MR) is 74.9 cm³/mol. The average molecular weight is 256 g/mol. The van der Waals surface area contributed by atoms with E-state index in [1.807, 2.05) is 44.2 Å². The quantitative estimate of drug-likeness (QED) is 0.748. The van der Waals surface area contributed by atoms with Gasteiger partial charge < -0.3 is 0 Å². The maximum absolute atomic E-state index is 13.3. The zero-order valence-electron chi connectivity index (χ0n) is 11.4. The summed E-state index contributed by atoms with van der Waals surface area (Å²) in [5.74, 6) is -0.282. The van der Waals surface area contributed by atoms with Gasteiger partial charge in [0.2, 0.25) is 0 Å². The van der Waals surface area contributed by atoms with E-state index in [0.717, 1.165) is 5.56 Å². The molecule has 98 valence electrons. The molecule has 2 rings (SSSR count). The molecule has 0 aliphatic rings. The van der Waals surface area contributed by atoms with Crippen LogP contribution in [-0.2, 0) is 5.41 Å². The van der Waals surface area contributed by atoms with Crippen molar-refractivity contribution in [2.75, 3.05) is 0 Å². The Hall–Kier alpha value is -1.96. The van der Waals surface area contributed by atoms with E-state index >= 15 is 0 Å². The fourth-order valence-corrected chi connectivity index (χ4v) is 2.13. The second-order valence-corrected chi connectivity index (χ2v) is 5.28. The molecule has 1 nitrogen and oxygen atoms in total. The zero-order valence-corrected chi connectivity index (χ0v) is 11.4. The number of ketones is 1. The fourth-order valence-electron chi connectivity index (χ4n) is 2.13. The minimum Gasteiger partial charge on any atom is -0.293 e. The standard InChI is InChI=1S/C17H17FO/c1-12-11-13(9-10-15(12)18)16(19)17(2,3)14-7-5-4-6-8-14/h4-11H,1-3H3. The molecule has 0 atom stereocenters. The van der Waals surface area contributed by atoms with Crippen LogP contribution in [0, 0.1) is 12.7 Å². The van der Waals surface area contributed by atoms with Crippen molar-refractivity contribution in [3.63, 3.8) is 0 Å². The molecule has 0 aliphatic heterocycles. The highest BCUT2D eigenvalue weighted by Crippen LogP contribution is 2.28. The molecule has 0 fully saturated rings. The molecule has 0 unspecified atom stereocenters. The number of aryl methyl sites for hydroxylation is 1. The molecule has 0 bridgehead atoms. The number of Topliss-reactive ketones (excluding diaryl/α,β-unsaturated/α-hetero) is 1. The van der Waals surface area contributed by atoms with E-state index in [1.165, 1.54) is 6.07 Å². The number of halogens is 1. The molecular weight excluding hydrogens is 239 g/mol. The maximum atomic E-state index is 13.3. The molecule has 0 radical (unpaired) electrons. The molecule has 0 aliphatic carbocycles. The van der Waals surface area contributed by atoms with Crippen molar-refractivity contribution in [3.8, 4) is 0 Å². The molecule has 2 aromatic carbocycles. The van der Waals surface area contributed by atoms with Gasteiger partial charge in [0.15, 0.2) is 5.78 Å². The number of carbonyl (C=O) groups excluding carboxylic acids is 1. The van der Waals surface area contributed by atoms with Gasteiger partial charge >= 0.3 is 0 Å². The second kappa shape index (κ2) is 4.96. The van der Waals surface area contributed by atoms with Gasteiger partial charge in [0.1, 0.15) is 5.82 Å². The van der Waals surface area contributed by atoms with Gasteiger partial charge in [-0.2, -0.15) is 0 Å². The van der Waals surface area contributed by atoms with Crippen LogP contribution < -0.4 is 0 Å². The van der Waals surface area contributed by atoms with Crippen molar-refractivity contribution < 1.29 is 9.18 Å². The van der Waals surface area contributed by atoms with Gasteiger partial charge in [-0.05, 0) is 50.1 Å². The molecule has 2 heteroatoms. The second-order valence-electron chi connectivity index (χ2n) is 5.28. The first-order chi connectivity index (χ1) is 8.93. The molecule has 0 saturated carbocycles. The van der Waals surface area contributed by atoms with Crippen molar-refractivity contribution in [1.29, 1.82) is 0 Å². The van der Waals surface area contributed by atoms with Crippen molar-refractivity contribution >= 4 is 5.78 Å². The lowest BCUT2D eigenvalue weighted by Gasteiger charge is -2.24. The predicted octanol–water partition coefficient (Wildman–Crippen LogP) is 4.29. The van der Waals surface area contributed by atoms with Crippen LogP contribution in [0.5, 0.6) is 0 Å². The molecule has 0 N–H and O–H groups in total. The Morgan fingerprint density at radius 1 is 1.05 bits per heavy atom. The number of rotatable bonds is 3. The molecule has 2 aromatic rings. The van der Waals surface area contributed by atoms with Crippen molar-refractivity contribution in [3.05, 3.63) is 71.0 Å². The Balaban J connectivity index is 2.40. The highest BCUT2D eigenvalue weighted by molar-refractivity contribution is 6.03. The van der Waals surface area contributed by atoms with Gasteiger partial charge in [-0.1, -0.05) is 30.3 Å². The lowest BCUT2D eigenvalue weighted by atomic mass is 9.78. The Labute approximate surface area is 113 Å². The largest absolute Gasteiger partial charge is 0.293 e. The van der Waals surface area contributed by atoms with Crippen LogP contribution in [0.4, 0.5) is 4.39 Å². The summed E-state index contributed by atoms with van der Waals surface area (Å²) in [6, 6.07) is 14.1. The summed E-state index contributed by atoms with van der Waals surface area (Å²) in [5, 5.41) is 0. The third-order valence-electron chi connectivity index (χ3n) is 3.48. The van der Waals surface area contributed by atoms with Gasteiger partial charge in [-0.25, -0.2) is 4.39 Å². The Bertz CT molecular complexity index is 600. The smallest absolute Gasteiger partial charge is 0.172 e. The van der Waals surface area contributed by atoms with E-state index in [4.69, 9.17) is 0 Å². The van der Waals surface area contributed by atoms with Gasteiger partial charge in [0.05, 0.1) is 5.41 Å². The molecule has 0 aromatic heterocycles. The van der Waals surface area contributed by atoms with Crippen LogP contribution in [0.15, 0.2) is 48.5 Å². The summed E-state index contributed by atoms with van der Waals surface area (Å²) in [5.41, 5.74) is 1.38. The highest BCUT2D eigenvalue weighted by atomic mass is 19.1. The van der Waals surface area contributed by atoms with Crippen molar-refractivity contribution in [2.24, 2.45) is 0 Å². The minimum absolute atomic E-state index is 0.00167. The van der Waals surface area contributed by atoms with Crippen LogP contribution in [-0.4, -0.2) is 5.78 Å². The van der Waals surface area contributed by atoms with Crippen molar-refractivity contribution in [1.82, 2.24) is 0 Å². The third kappa shape index (κ3) is 2.58. The summed E-state index contributed by atoms with van der Waals surface area (Å²) in [4.78, 5) is 12.6. The molecule has 0 spiro atoms. The topological polar surface area (TPSA) is 17.1 Å². The normalized spacial score (nSPS) is 11.4. The van der Waals surface area contributed by atoms with E-state index in [2.05, 4.69) is 0 Å². The highest BCUT2D eigenvalue weighted by Gasteiger charge is 2.30. The van der Waals surface area contributed by atoms with Crippen LogP contribution in [0.1, 0.15) is 35.3 Å². The lowest BCUT2D eigenvalue weighted by molar-refractivity contribution is 0.0908. The summed E-state index contributed by atoms with van der Waals surface area (Å²) >= 11 is 0. The number of benzene rings is 2. The van der Waals surface area contributed by atoms with Gasteiger partial charge in [0.25, 0.3) is 0 Å². The van der Waals surface area contributed by atoms with E-state index in [-0.39, 0.29) is 11.6 Å². The van der Waals surface area contributed by atoms with Crippen LogP contribution in [0.3, 0.4) is 0 Å². The van der Waals surface area contributed by atoms with Gasteiger partial charge in [0, 0.05) is 5.56 Å². The molecule has 19 heavy (non-hydrogen) atoms. The van der Waals surface area contributed by atoms with Crippen LogP contribution in [0.25, 0.3) is 0 Å². The zero-order chi connectivity index (χ0) is 14.0. The first kappa shape index (κ1) is 13.5. The Kier molecular flexibility index (Phi) is 3.52. The number of carbonyl (C=O) groups is 1. The average Bonchev–Trinajstić information content (AvgIpc) is 2.42. The summed E-state index contributed by atoms with van der Waals surface area (Å²) in [6.07, 6.45) is 0. The minimum atomic E-state index is -0.620. The summed E-state index contributed by atoms with van der Waals surface area (Å²) in [7, 11) is 0. The maximum Gasteiger partial charge on any atom is 0.172 e. The molecule has 0 heterocycles. The van der Waals surface area contributed by atoms with E-state index in [9.17, 15) is 9.18 Å². The monoisotopic (exact) mass is 256 g/mol. The fraction of sp³-hybridized carbons (Fsp3) is 0.235. The Morgan fingerprint density at radius 2 is 1.68 bits per heavy atom. The Morgan fingerprint density at radius 3 is 2.26 bits per heavy atom. The summed E-state index contributed by atoms with van der Waals surface area (Å²) in [6.45, 7) is 5.45. The van der Waals surface area contributed by atoms with Crippen LogP contribution >= 0.6 is 0 Å². The number of hydrogen-bond donors (Lipinski definition) is 0. The summed E-state index contributed by atoms with van der Waals surface area (Å²) < 4.78 is 13.3. The SMILES string of the molecule is Cc1cc(C(=O)C(C)(C)c2ccccc2)ccc1F. The van der Waals surface area contributed by atoms with Crippen molar-refractivity contribution in [2.45, 2.75) is 26.2 Å². The molecule has 0 amide bonds. The molecule has 0 saturated heterocycles. The van der Waals surface area contributed by atoms with E-state index < -0.39 is 5.41 Å². The lowest BCUT2D eigenvalue weighted by Crippen LogP contribution is -2.29. The van der Waals surface area contributed by atoms with E-state index in [0.29, 0.717) is 11.1 Å². The van der Waals surface area contributed by atoms with E-state index in [1.54, 1.807) is 19.1 Å². The van der Waals surface area contributed by atoms with Gasteiger partial charge in [-0.3, -0.25) is 4.79 Å².